The summed E-state index contributed by atoms with van der Waals surface area (Å²) in [7, 11) is 3.05. The molecule has 7 nitrogen and oxygen atoms in total. The molecule has 2 aromatic carbocycles. The van der Waals surface area contributed by atoms with Gasteiger partial charge in [-0.25, -0.2) is 14.0 Å². The number of hydrogen-bond acceptors (Lipinski definition) is 5. The van der Waals surface area contributed by atoms with Crippen LogP contribution in [0, 0.1) is 5.82 Å². The van der Waals surface area contributed by atoms with Crippen LogP contribution < -0.4 is 9.96 Å². The molecule has 0 radical (unpaired) electrons. The number of piperidine rings is 1. The molecule has 2 unspecified atom stereocenters. The number of quaternary nitrogens is 1. The molecule has 2 aliphatic rings. The van der Waals surface area contributed by atoms with Gasteiger partial charge in [0.1, 0.15) is 18.6 Å². The van der Waals surface area contributed by atoms with Crippen LogP contribution in [0.3, 0.4) is 0 Å². The summed E-state index contributed by atoms with van der Waals surface area (Å²) in [6, 6.07) is 8.17. The number of halogens is 5. The van der Waals surface area contributed by atoms with Crippen LogP contribution >= 0.6 is 11.6 Å². The van der Waals surface area contributed by atoms with E-state index in [9.17, 15) is 27.2 Å². The number of nitrogens with zero attached hydrogens (tertiary/aromatic N) is 2. The molecule has 1 saturated heterocycles. The number of nitrogens with one attached hydrogen (secondary N) is 1. The SMILES string of the molecule is CC(OCC1(c2ccc(F)cc2)CCN(C)CC1)c1cc(Cl)cc2c1NC(=O)[N+]2(C)OC(=O)C(F)(F)F. The molecule has 1 fully saturated rings. The number of alkyl halides is 3. The maximum absolute atomic E-state index is 13.6. The zero-order valence-corrected chi connectivity index (χ0v) is 21.3. The van der Waals surface area contributed by atoms with Gasteiger partial charge in [0.25, 0.3) is 0 Å². The van der Waals surface area contributed by atoms with Crippen LogP contribution in [0.15, 0.2) is 36.4 Å². The van der Waals surface area contributed by atoms with Crippen molar-refractivity contribution >= 4 is 35.0 Å². The Morgan fingerprint density at radius 3 is 2.43 bits per heavy atom. The summed E-state index contributed by atoms with van der Waals surface area (Å²) in [5.74, 6) is -2.84. The van der Waals surface area contributed by atoms with E-state index in [0.29, 0.717) is 5.56 Å². The largest absolute Gasteiger partial charge is 0.497 e. The first-order valence-corrected chi connectivity index (χ1v) is 12.0. The van der Waals surface area contributed by atoms with Crippen molar-refractivity contribution in [2.45, 2.75) is 37.5 Å². The van der Waals surface area contributed by atoms with Crippen LogP contribution in [0.4, 0.5) is 33.7 Å². The fourth-order valence-corrected chi connectivity index (χ4v) is 5.00. The second-order valence-corrected chi connectivity index (χ2v) is 10.1. The van der Waals surface area contributed by atoms with Gasteiger partial charge in [-0.2, -0.15) is 13.2 Å². The highest BCUT2D eigenvalue weighted by molar-refractivity contribution is 6.31. The van der Waals surface area contributed by atoms with E-state index < -0.39 is 28.9 Å². The first-order chi connectivity index (χ1) is 17.2. The third-order valence-electron chi connectivity index (χ3n) is 7.14. The number of hydrogen-bond donors (Lipinski definition) is 1. The van der Waals surface area contributed by atoms with Crippen molar-refractivity contribution in [1.82, 2.24) is 9.55 Å². The van der Waals surface area contributed by atoms with Gasteiger partial charge in [-0.15, -0.1) is 0 Å². The Morgan fingerprint density at radius 1 is 1.22 bits per heavy atom. The normalized spacial score (nSPS) is 22.3. The zero-order chi connectivity index (χ0) is 27.2. The highest BCUT2D eigenvalue weighted by atomic mass is 35.5. The molecule has 0 saturated carbocycles. The van der Waals surface area contributed by atoms with Crippen molar-refractivity contribution in [3.05, 3.63) is 58.4 Å². The number of carbonyl (C=O) groups is 2. The molecule has 0 aromatic heterocycles. The van der Waals surface area contributed by atoms with E-state index in [2.05, 4.69) is 15.1 Å². The van der Waals surface area contributed by atoms with Crippen LogP contribution in [0.25, 0.3) is 0 Å². The zero-order valence-electron chi connectivity index (χ0n) is 20.5. The van der Waals surface area contributed by atoms with Gasteiger partial charge in [0.05, 0.1) is 12.7 Å². The predicted molar refractivity (Wildman–Crippen MR) is 130 cm³/mol. The molecular formula is C25H27ClF4N3O4+. The minimum absolute atomic E-state index is 0.0481. The summed E-state index contributed by atoms with van der Waals surface area (Å²) in [5.41, 5.74) is 1.10. The Morgan fingerprint density at radius 2 is 1.84 bits per heavy atom. The average Bonchev–Trinajstić information content (AvgIpc) is 3.08. The van der Waals surface area contributed by atoms with Gasteiger partial charge in [-0.1, -0.05) is 23.7 Å². The lowest BCUT2D eigenvalue weighted by Crippen LogP contribution is -2.52. The van der Waals surface area contributed by atoms with Crippen LogP contribution in [-0.4, -0.2) is 56.9 Å². The van der Waals surface area contributed by atoms with Gasteiger partial charge in [0.15, 0.2) is 0 Å². The lowest BCUT2D eigenvalue weighted by molar-refractivity contribution is -0.221. The maximum atomic E-state index is 13.6. The molecule has 2 atom stereocenters. The topological polar surface area (TPSA) is 67.9 Å². The first-order valence-electron chi connectivity index (χ1n) is 11.6. The number of fused-ring (bicyclic) bond motifs is 1. The summed E-state index contributed by atoms with van der Waals surface area (Å²) in [6.45, 7) is 3.64. The summed E-state index contributed by atoms with van der Waals surface area (Å²) in [4.78, 5) is 31.0. The van der Waals surface area contributed by atoms with E-state index in [-0.39, 0.29) is 34.2 Å². The Kier molecular flexibility index (Phi) is 7.28. The van der Waals surface area contributed by atoms with Crippen molar-refractivity contribution in [1.29, 1.82) is 0 Å². The van der Waals surface area contributed by atoms with Crippen molar-refractivity contribution < 1.29 is 36.7 Å². The van der Waals surface area contributed by atoms with Gasteiger partial charge in [0, 0.05) is 22.1 Å². The second-order valence-electron chi connectivity index (χ2n) is 9.66. The van der Waals surface area contributed by atoms with Crippen LogP contribution in [0.5, 0.6) is 0 Å². The fourth-order valence-electron chi connectivity index (χ4n) is 4.78. The number of amides is 2. The van der Waals surface area contributed by atoms with Crippen molar-refractivity contribution in [2.75, 3.05) is 39.1 Å². The molecule has 0 spiro atoms. The molecular weight excluding hydrogens is 518 g/mol. The number of carbonyl (C=O) groups excluding carboxylic acids is 2. The van der Waals surface area contributed by atoms with E-state index in [4.69, 9.17) is 16.3 Å². The second kappa shape index (κ2) is 9.86. The van der Waals surface area contributed by atoms with E-state index in [1.165, 1.54) is 18.2 Å². The van der Waals surface area contributed by atoms with Crippen molar-refractivity contribution in [2.24, 2.45) is 0 Å². The van der Waals surface area contributed by atoms with Crippen LogP contribution in [0.2, 0.25) is 5.02 Å². The minimum atomic E-state index is -5.29. The number of likely N-dealkylation sites (tertiary alicyclic amines) is 1. The monoisotopic (exact) mass is 544 g/mol. The van der Waals surface area contributed by atoms with Crippen molar-refractivity contribution in [3.63, 3.8) is 0 Å². The molecule has 0 bridgehead atoms. The third kappa shape index (κ3) is 5.31. The Balaban J connectivity index is 1.62. The van der Waals surface area contributed by atoms with E-state index >= 15 is 0 Å². The van der Waals surface area contributed by atoms with E-state index in [1.54, 1.807) is 25.1 Å². The molecule has 2 heterocycles. The number of anilines is 1. The summed E-state index contributed by atoms with van der Waals surface area (Å²) < 4.78 is 57.1. The molecule has 12 heteroatoms. The lowest BCUT2D eigenvalue weighted by Gasteiger charge is -2.41. The van der Waals surface area contributed by atoms with Crippen LogP contribution in [-0.2, 0) is 19.8 Å². The number of urea groups is 1. The summed E-state index contributed by atoms with van der Waals surface area (Å²) in [6.07, 6.45) is -4.39. The lowest BCUT2D eigenvalue weighted by atomic mass is 9.73. The highest BCUT2D eigenvalue weighted by Gasteiger charge is 2.55. The van der Waals surface area contributed by atoms with E-state index in [0.717, 1.165) is 38.5 Å². The Bertz CT molecular complexity index is 1200. The molecule has 37 heavy (non-hydrogen) atoms. The minimum Gasteiger partial charge on any atom is -0.373 e. The first kappa shape index (κ1) is 27.3. The number of ether oxygens (including phenoxy) is 1. The van der Waals surface area contributed by atoms with Crippen molar-refractivity contribution in [3.8, 4) is 0 Å². The Hall–Kier alpha value is -2.73. The number of hydroxylamine groups is 2. The molecule has 4 rings (SSSR count). The smallest absolute Gasteiger partial charge is 0.373 e. The Labute approximate surface area is 216 Å². The quantitative estimate of drug-likeness (QED) is 0.372. The molecule has 0 aliphatic carbocycles. The third-order valence-corrected chi connectivity index (χ3v) is 7.36. The standard InChI is InChI=1S/C25H26ClF4N3O4/c1-15(36-14-24(8-10-32(2)11-9-24)16-4-6-18(27)7-5-16)19-12-17(26)13-20-21(19)31-23(35)33(20,3)37-22(34)25(28,29)30/h4-7,12-13,15H,8-11,14H2,1-3H3/p+1. The van der Waals surface area contributed by atoms with Gasteiger partial charge in [0.2, 0.25) is 5.69 Å². The fraction of sp³-hybridized carbons (Fsp3) is 0.440. The van der Waals surface area contributed by atoms with Gasteiger partial charge < -0.3 is 9.64 Å². The molecule has 2 aliphatic heterocycles. The van der Waals surface area contributed by atoms with Gasteiger partial charge >= 0.3 is 18.2 Å². The van der Waals surface area contributed by atoms with Crippen LogP contribution in [0.1, 0.15) is 37.0 Å². The van der Waals surface area contributed by atoms with Gasteiger partial charge in [-0.05, 0) is 68.3 Å². The molecule has 2 aromatic rings. The maximum Gasteiger partial charge on any atom is 0.497 e. The molecule has 2 amide bonds. The number of benzene rings is 2. The number of rotatable bonds is 6. The van der Waals surface area contributed by atoms with E-state index in [1.807, 2.05) is 7.05 Å². The average molecular weight is 545 g/mol. The summed E-state index contributed by atoms with van der Waals surface area (Å²) >= 11 is 6.27. The summed E-state index contributed by atoms with van der Waals surface area (Å²) in [5, 5.41) is 2.64. The van der Waals surface area contributed by atoms with Gasteiger partial charge in [-0.3, -0.25) is 10.2 Å². The predicted octanol–water partition coefficient (Wildman–Crippen LogP) is 5.72. The molecule has 1 N–H and O–H groups in total. The molecule has 200 valence electrons. The highest BCUT2D eigenvalue weighted by Crippen LogP contribution is 2.46.